The first kappa shape index (κ1) is 31.8. The Balaban J connectivity index is 0.000000446. The molecule has 0 saturated heterocycles. The summed E-state index contributed by atoms with van der Waals surface area (Å²) in [4.78, 5) is 46.9. The molecule has 0 aromatic heterocycles. The summed E-state index contributed by atoms with van der Waals surface area (Å²) in [5.74, 6) is -0.476. The van der Waals surface area contributed by atoms with Crippen LogP contribution >= 0.6 is 11.6 Å². The lowest BCUT2D eigenvalue weighted by molar-refractivity contribution is -0.164. The number of carbonyl (C=O) groups is 4. The number of ether oxygens (including phenoxy) is 2. The van der Waals surface area contributed by atoms with Crippen LogP contribution in [0, 0.1) is 5.92 Å². The van der Waals surface area contributed by atoms with Crippen molar-refractivity contribution in [3.05, 3.63) is 64.2 Å². The number of carbonyl (C=O) groups excluding carboxylic acids is 4. The third-order valence-corrected chi connectivity index (χ3v) is 6.40. The van der Waals surface area contributed by atoms with Crippen LogP contribution in [0.3, 0.4) is 0 Å². The van der Waals surface area contributed by atoms with Gasteiger partial charge in [-0.1, -0.05) is 31.5 Å². The van der Waals surface area contributed by atoms with Crippen molar-refractivity contribution in [3.8, 4) is 5.75 Å². The molecule has 3 rings (SSSR count). The Hall–Kier alpha value is -3.43. The van der Waals surface area contributed by atoms with Gasteiger partial charge in [0.25, 0.3) is 0 Å². The van der Waals surface area contributed by atoms with Crippen LogP contribution in [0.25, 0.3) is 0 Å². The minimum Gasteiger partial charge on any atom is -0.484 e. The molecular formula is C29H38ClN3O6. The van der Waals surface area contributed by atoms with Crippen molar-refractivity contribution < 1.29 is 28.7 Å². The molecule has 2 amide bonds. The number of primary amides is 1. The fourth-order valence-corrected chi connectivity index (χ4v) is 4.10. The molecule has 39 heavy (non-hydrogen) atoms. The predicted molar refractivity (Wildman–Crippen MR) is 150 cm³/mol. The Morgan fingerprint density at radius 3 is 2.31 bits per heavy atom. The van der Waals surface area contributed by atoms with Crippen LogP contribution in [-0.4, -0.2) is 47.4 Å². The highest BCUT2D eigenvalue weighted by Crippen LogP contribution is 2.35. The highest BCUT2D eigenvalue weighted by molar-refractivity contribution is 6.30. The number of halogens is 1. The maximum absolute atomic E-state index is 12.6. The number of amides is 2. The van der Waals surface area contributed by atoms with Crippen LogP contribution in [-0.2, 0) is 20.7 Å². The molecule has 0 saturated carbocycles. The number of Topliss-reactive ketones (excluding diaryl/α,β-unsaturated/α-hetero) is 1. The van der Waals surface area contributed by atoms with Crippen molar-refractivity contribution in [1.29, 1.82) is 0 Å². The summed E-state index contributed by atoms with van der Waals surface area (Å²) in [7, 11) is 0. The minimum atomic E-state index is -0.832. The molecular weight excluding hydrogens is 522 g/mol. The first-order valence-corrected chi connectivity index (χ1v) is 13.1. The summed E-state index contributed by atoms with van der Waals surface area (Å²) in [5, 5.41) is 3.15. The molecule has 0 spiro atoms. The van der Waals surface area contributed by atoms with Gasteiger partial charge in [0.15, 0.2) is 5.78 Å². The third kappa shape index (κ3) is 9.37. The highest BCUT2D eigenvalue weighted by atomic mass is 35.5. The number of hydrogen-bond donors (Lipinski definition) is 3. The Morgan fingerprint density at radius 1 is 1.10 bits per heavy atom. The SMILES string of the molecule is CC(=O)c1ccc2c(c1)C[C@@H](OC(=O)[C@H](C)NC(=O)[C@@H](N)CC(C)C)C(C)(C)O2.NC(=O)c1cccc(Cl)c1. The van der Waals surface area contributed by atoms with E-state index in [1.54, 1.807) is 43.3 Å². The van der Waals surface area contributed by atoms with Gasteiger partial charge in [0.05, 0.1) is 6.04 Å². The molecule has 1 heterocycles. The van der Waals surface area contributed by atoms with E-state index >= 15 is 0 Å². The number of hydrogen-bond acceptors (Lipinski definition) is 7. The number of ketones is 1. The molecule has 212 valence electrons. The number of fused-ring (bicyclic) bond motifs is 1. The minimum absolute atomic E-state index is 0.0414. The quantitative estimate of drug-likeness (QED) is 0.328. The lowest BCUT2D eigenvalue weighted by Crippen LogP contribution is -2.52. The van der Waals surface area contributed by atoms with E-state index in [-0.39, 0.29) is 17.6 Å². The molecule has 3 atom stereocenters. The Kier molecular flexibility index (Phi) is 11.1. The normalized spacial score (nSPS) is 16.9. The van der Waals surface area contributed by atoms with Crippen LogP contribution in [0.1, 0.15) is 74.2 Å². The second-order valence-electron chi connectivity index (χ2n) is 10.6. The van der Waals surface area contributed by atoms with E-state index in [4.69, 9.17) is 32.5 Å². The fraction of sp³-hybridized carbons (Fsp3) is 0.448. The van der Waals surface area contributed by atoms with Gasteiger partial charge in [0.2, 0.25) is 11.8 Å². The number of rotatable bonds is 8. The first-order valence-electron chi connectivity index (χ1n) is 12.8. The molecule has 0 fully saturated rings. The van der Waals surface area contributed by atoms with E-state index in [9.17, 15) is 19.2 Å². The van der Waals surface area contributed by atoms with Gasteiger partial charge in [-0.05, 0) is 82.0 Å². The summed E-state index contributed by atoms with van der Waals surface area (Å²) in [5.41, 5.74) is 11.9. The fourth-order valence-electron chi connectivity index (χ4n) is 3.91. The van der Waals surface area contributed by atoms with Gasteiger partial charge in [-0.2, -0.15) is 0 Å². The second-order valence-corrected chi connectivity index (χ2v) is 11.0. The largest absolute Gasteiger partial charge is 0.484 e. The molecule has 0 aliphatic carbocycles. The third-order valence-electron chi connectivity index (χ3n) is 6.16. The zero-order valence-corrected chi connectivity index (χ0v) is 24.0. The molecule has 2 aromatic rings. The Bertz CT molecular complexity index is 1210. The van der Waals surface area contributed by atoms with Crippen molar-refractivity contribution in [3.63, 3.8) is 0 Å². The van der Waals surface area contributed by atoms with E-state index in [0.29, 0.717) is 34.7 Å². The van der Waals surface area contributed by atoms with Gasteiger partial charge < -0.3 is 26.3 Å². The highest BCUT2D eigenvalue weighted by Gasteiger charge is 2.40. The number of nitrogens with one attached hydrogen (secondary N) is 1. The number of esters is 1. The average molecular weight is 560 g/mol. The van der Waals surface area contributed by atoms with Crippen LogP contribution in [0.15, 0.2) is 42.5 Å². The van der Waals surface area contributed by atoms with Crippen LogP contribution in [0.2, 0.25) is 5.02 Å². The van der Waals surface area contributed by atoms with E-state index < -0.39 is 35.7 Å². The first-order chi connectivity index (χ1) is 18.1. The predicted octanol–water partition coefficient (Wildman–Crippen LogP) is 3.83. The van der Waals surface area contributed by atoms with Crippen molar-refractivity contribution in [2.45, 2.75) is 78.2 Å². The van der Waals surface area contributed by atoms with Crippen LogP contribution in [0.5, 0.6) is 5.75 Å². The zero-order valence-electron chi connectivity index (χ0n) is 23.2. The maximum atomic E-state index is 12.6. The van der Waals surface area contributed by atoms with Crippen LogP contribution in [0.4, 0.5) is 0 Å². The van der Waals surface area contributed by atoms with Gasteiger partial charge in [0.1, 0.15) is 23.5 Å². The average Bonchev–Trinajstić information content (AvgIpc) is 2.83. The number of nitrogens with two attached hydrogens (primary N) is 2. The van der Waals surface area contributed by atoms with Crippen molar-refractivity contribution in [2.75, 3.05) is 0 Å². The maximum Gasteiger partial charge on any atom is 0.328 e. The van der Waals surface area contributed by atoms with Gasteiger partial charge in [-0.15, -0.1) is 0 Å². The van der Waals surface area contributed by atoms with Crippen LogP contribution < -0.4 is 21.5 Å². The Morgan fingerprint density at radius 2 is 1.77 bits per heavy atom. The summed E-state index contributed by atoms with van der Waals surface area (Å²) in [6.45, 7) is 10.7. The molecule has 5 N–H and O–H groups in total. The summed E-state index contributed by atoms with van der Waals surface area (Å²) < 4.78 is 11.7. The molecule has 0 unspecified atom stereocenters. The lowest BCUT2D eigenvalue weighted by atomic mass is 9.89. The van der Waals surface area contributed by atoms with E-state index in [2.05, 4.69) is 5.32 Å². The second kappa shape index (κ2) is 13.6. The van der Waals surface area contributed by atoms with Gasteiger partial charge in [-0.25, -0.2) is 4.79 Å². The standard InChI is InChI=1S/C22H32N2O5.C7H6ClNO/c1-12(2)9-17(23)20(26)24-13(3)21(27)28-19-11-16-10-15(14(4)25)7-8-18(16)29-22(19,5)6;8-6-3-1-2-5(4-6)7(9)10/h7-8,10,12-13,17,19H,9,11,23H2,1-6H3,(H,24,26);1-4H,(H2,9,10)/t13-,17-,19+;/m0./s1. The molecule has 10 heteroatoms. The van der Waals surface area contributed by atoms with Crippen molar-refractivity contribution >= 4 is 35.2 Å². The summed E-state index contributed by atoms with van der Waals surface area (Å²) in [6.07, 6.45) is 0.392. The number of benzene rings is 2. The summed E-state index contributed by atoms with van der Waals surface area (Å²) in [6, 6.07) is 10.3. The zero-order chi connectivity index (χ0) is 29.5. The lowest BCUT2D eigenvalue weighted by Gasteiger charge is -2.39. The molecule has 9 nitrogen and oxygen atoms in total. The van der Waals surface area contributed by atoms with E-state index in [1.165, 1.54) is 13.0 Å². The molecule has 0 bridgehead atoms. The van der Waals surface area contributed by atoms with Crippen molar-refractivity contribution in [1.82, 2.24) is 5.32 Å². The topological polar surface area (TPSA) is 151 Å². The smallest absolute Gasteiger partial charge is 0.328 e. The van der Waals surface area contributed by atoms with Gasteiger partial charge in [-0.3, -0.25) is 14.4 Å². The van der Waals surface area contributed by atoms with E-state index in [0.717, 1.165) is 5.56 Å². The molecule has 2 aromatic carbocycles. The van der Waals surface area contributed by atoms with Gasteiger partial charge in [0, 0.05) is 22.6 Å². The monoisotopic (exact) mass is 559 g/mol. The molecule has 1 aliphatic rings. The van der Waals surface area contributed by atoms with Crippen molar-refractivity contribution in [2.24, 2.45) is 17.4 Å². The molecule has 1 aliphatic heterocycles. The Labute approximate surface area is 234 Å². The van der Waals surface area contributed by atoms with Gasteiger partial charge >= 0.3 is 5.97 Å². The summed E-state index contributed by atoms with van der Waals surface area (Å²) >= 11 is 5.58. The van der Waals surface area contributed by atoms with E-state index in [1.807, 2.05) is 27.7 Å². The molecule has 0 radical (unpaired) electrons.